The molecule has 3 aromatic rings. The molecule has 0 atom stereocenters. The number of nitrogens with one attached hydrogen (secondary N) is 1. The van der Waals surface area contributed by atoms with E-state index in [4.69, 9.17) is 14.2 Å². The Morgan fingerprint density at radius 2 is 1.73 bits per heavy atom. The van der Waals surface area contributed by atoms with Crippen molar-refractivity contribution >= 4 is 5.91 Å². The lowest BCUT2D eigenvalue weighted by Gasteiger charge is -2.30. The summed E-state index contributed by atoms with van der Waals surface area (Å²) in [5.74, 6) is 2.08. The SMILES string of the molecule is O=C(NCc1ccnc(OCc2ccccc2)c1)C1(c2ccc3c(c2)OCCO3)CCCC1. The van der Waals surface area contributed by atoms with Crippen molar-refractivity contribution in [2.45, 2.75) is 44.2 Å². The van der Waals surface area contributed by atoms with Gasteiger partial charge in [0.2, 0.25) is 11.8 Å². The number of fused-ring (bicyclic) bond motifs is 1. The standard InChI is InChI=1S/C27H28N2O4/c30-26(27(11-4-5-12-27)22-8-9-23-24(17-22)32-15-14-31-23)29-18-21-10-13-28-25(16-21)33-19-20-6-2-1-3-7-20/h1-3,6-10,13,16-17H,4-5,11-12,14-15,18-19H2,(H,29,30). The van der Waals surface area contributed by atoms with E-state index in [1.165, 1.54) is 0 Å². The molecule has 0 unspecified atom stereocenters. The van der Waals surface area contributed by atoms with Crippen LogP contribution >= 0.6 is 0 Å². The Labute approximate surface area is 193 Å². The number of carbonyl (C=O) groups is 1. The number of benzene rings is 2. The summed E-state index contributed by atoms with van der Waals surface area (Å²) in [6.45, 7) is 1.97. The third kappa shape index (κ3) is 4.65. The predicted octanol–water partition coefficient (Wildman–Crippen LogP) is 4.56. The zero-order valence-electron chi connectivity index (χ0n) is 18.6. The summed E-state index contributed by atoms with van der Waals surface area (Å²) in [5, 5.41) is 3.17. The van der Waals surface area contributed by atoms with Crippen LogP contribution in [0.1, 0.15) is 42.4 Å². The van der Waals surface area contributed by atoms with Gasteiger partial charge in [-0.15, -0.1) is 0 Å². The second-order valence-corrected chi connectivity index (χ2v) is 8.61. The van der Waals surface area contributed by atoms with Crippen molar-refractivity contribution in [1.29, 1.82) is 0 Å². The van der Waals surface area contributed by atoms with Crippen LogP contribution < -0.4 is 19.5 Å². The number of amides is 1. The summed E-state index contributed by atoms with van der Waals surface area (Å²) in [7, 11) is 0. The number of pyridine rings is 1. The van der Waals surface area contributed by atoms with Crippen LogP contribution in [0.15, 0.2) is 66.9 Å². The van der Waals surface area contributed by atoms with E-state index in [1.807, 2.05) is 60.7 Å². The molecule has 1 amide bonds. The van der Waals surface area contributed by atoms with Gasteiger partial charge >= 0.3 is 0 Å². The maximum absolute atomic E-state index is 13.5. The first-order valence-electron chi connectivity index (χ1n) is 11.5. The summed E-state index contributed by atoms with van der Waals surface area (Å²) in [6.07, 6.45) is 5.46. The molecule has 2 heterocycles. The molecule has 1 aromatic heterocycles. The van der Waals surface area contributed by atoms with E-state index in [1.54, 1.807) is 6.20 Å². The number of nitrogens with zero attached hydrogens (tertiary/aromatic N) is 1. The average molecular weight is 445 g/mol. The van der Waals surface area contributed by atoms with E-state index in [0.29, 0.717) is 32.2 Å². The Balaban J connectivity index is 1.26. The zero-order valence-corrected chi connectivity index (χ0v) is 18.6. The highest BCUT2D eigenvalue weighted by Crippen LogP contribution is 2.44. The molecule has 2 aliphatic rings. The minimum atomic E-state index is -0.532. The number of hydrogen-bond acceptors (Lipinski definition) is 5. The quantitative estimate of drug-likeness (QED) is 0.579. The Hall–Kier alpha value is -3.54. The topological polar surface area (TPSA) is 69.7 Å². The first-order valence-corrected chi connectivity index (χ1v) is 11.5. The fourth-order valence-electron chi connectivity index (χ4n) is 4.69. The Morgan fingerprint density at radius 3 is 2.55 bits per heavy atom. The molecule has 0 bridgehead atoms. The second kappa shape index (κ2) is 9.53. The lowest BCUT2D eigenvalue weighted by molar-refractivity contribution is -0.126. The molecular formula is C27H28N2O4. The van der Waals surface area contributed by atoms with Crippen LogP contribution in [0.2, 0.25) is 0 Å². The monoisotopic (exact) mass is 444 g/mol. The fraction of sp³-hybridized carbons (Fsp3) is 0.333. The summed E-state index contributed by atoms with van der Waals surface area (Å²) in [4.78, 5) is 17.8. The Bertz CT molecular complexity index is 1110. The normalized spacial score (nSPS) is 16.2. The fourth-order valence-corrected chi connectivity index (χ4v) is 4.69. The Kier molecular flexibility index (Phi) is 6.15. The summed E-state index contributed by atoms with van der Waals surface area (Å²) in [6, 6.07) is 19.7. The van der Waals surface area contributed by atoms with Gasteiger partial charge in [-0.05, 0) is 47.7 Å². The lowest BCUT2D eigenvalue weighted by atomic mass is 9.77. The van der Waals surface area contributed by atoms with Gasteiger partial charge in [-0.25, -0.2) is 4.98 Å². The molecular weight excluding hydrogens is 416 g/mol. The van der Waals surface area contributed by atoms with Crippen molar-refractivity contribution in [3.05, 3.63) is 83.6 Å². The van der Waals surface area contributed by atoms with Gasteiger partial charge in [0.25, 0.3) is 0 Å². The van der Waals surface area contributed by atoms with Crippen LogP contribution in [-0.4, -0.2) is 24.1 Å². The summed E-state index contributed by atoms with van der Waals surface area (Å²) in [5.41, 5.74) is 2.51. The molecule has 6 heteroatoms. The smallest absolute Gasteiger partial charge is 0.230 e. The maximum atomic E-state index is 13.5. The van der Waals surface area contributed by atoms with Crippen LogP contribution in [0.3, 0.4) is 0 Å². The van der Waals surface area contributed by atoms with Crippen LogP contribution in [-0.2, 0) is 23.4 Å². The largest absolute Gasteiger partial charge is 0.486 e. The molecule has 1 N–H and O–H groups in total. The average Bonchev–Trinajstić information content (AvgIpc) is 3.38. The minimum absolute atomic E-state index is 0.0558. The van der Waals surface area contributed by atoms with E-state index in [2.05, 4.69) is 10.3 Å². The minimum Gasteiger partial charge on any atom is -0.486 e. The summed E-state index contributed by atoms with van der Waals surface area (Å²) >= 11 is 0. The molecule has 2 aromatic carbocycles. The number of hydrogen-bond donors (Lipinski definition) is 1. The van der Waals surface area contributed by atoms with Gasteiger partial charge < -0.3 is 19.5 Å². The van der Waals surface area contributed by atoms with E-state index in [-0.39, 0.29) is 5.91 Å². The van der Waals surface area contributed by atoms with Gasteiger partial charge in [-0.1, -0.05) is 49.2 Å². The molecule has 0 saturated heterocycles. The van der Waals surface area contributed by atoms with E-state index >= 15 is 0 Å². The highest BCUT2D eigenvalue weighted by molar-refractivity contribution is 5.88. The van der Waals surface area contributed by atoms with Crippen molar-refractivity contribution in [2.75, 3.05) is 13.2 Å². The number of aromatic nitrogens is 1. The molecule has 1 aliphatic heterocycles. The highest BCUT2D eigenvalue weighted by Gasteiger charge is 2.43. The molecule has 0 radical (unpaired) electrons. The van der Waals surface area contributed by atoms with E-state index in [0.717, 1.165) is 53.9 Å². The maximum Gasteiger partial charge on any atom is 0.230 e. The van der Waals surface area contributed by atoms with E-state index < -0.39 is 5.41 Å². The molecule has 5 rings (SSSR count). The Morgan fingerprint density at radius 1 is 0.939 bits per heavy atom. The molecule has 1 saturated carbocycles. The predicted molar refractivity (Wildman–Crippen MR) is 124 cm³/mol. The number of ether oxygens (including phenoxy) is 3. The van der Waals surface area contributed by atoms with Crippen molar-refractivity contribution in [2.24, 2.45) is 0 Å². The van der Waals surface area contributed by atoms with Crippen molar-refractivity contribution in [3.8, 4) is 17.4 Å². The molecule has 170 valence electrons. The molecule has 1 aliphatic carbocycles. The molecule has 6 nitrogen and oxygen atoms in total. The van der Waals surface area contributed by atoms with Gasteiger partial charge in [-0.3, -0.25) is 4.79 Å². The van der Waals surface area contributed by atoms with Crippen LogP contribution in [0.25, 0.3) is 0 Å². The number of carbonyl (C=O) groups excluding carboxylic acids is 1. The molecule has 33 heavy (non-hydrogen) atoms. The van der Waals surface area contributed by atoms with Gasteiger partial charge in [0, 0.05) is 18.8 Å². The zero-order chi connectivity index (χ0) is 22.5. The van der Waals surface area contributed by atoms with Gasteiger partial charge in [-0.2, -0.15) is 0 Å². The number of rotatable bonds is 7. The van der Waals surface area contributed by atoms with Crippen molar-refractivity contribution in [3.63, 3.8) is 0 Å². The van der Waals surface area contributed by atoms with Gasteiger partial charge in [0.1, 0.15) is 19.8 Å². The second-order valence-electron chi connectivity index (χ2n) is 8.61. The van der Waals surface area contributed by atoms with Gasteiger partial charge in [0.15, 0.2) is 11.5 Å². The van der Waals surface area contributed by atoms with Crippen molar-refractivity contribution in [1.82, 2.24) is 10.3 Å². The van der Waals surface area contributed by atoms with Crippen molar-refractivity contribution < 1.29 is 19.0 Å². The van der Waals surface area contributed by atoms with E-state index in [9.17, 15) is 4.79 Å². The first kappa shape index (κ1) is 21.3. The molecule has 0 spiro atoms. The highest BCUT2D eigenvalue weighted by atomic mass is 16.6. The van der Waals surface area contributed by atoms with Crippen LogP contribution in [0.4, 0.5) is 0 Å². The van der Waals surface area contributed by atoms with Gasteiger partial charge in [0.05, 0.1) is 5.41 Å². The van der Waals surface area contributed by atoms with Crippen LogP contribution in [0.5, 0.6) is 17.4 Å². The molecule has 1 fully saturated rings. The first-order chi connectivity index (χ1) is 16.2. The summed E-state index contributed by atoms with van der Waals surface area (Å²) < 4.78 is 17.3. The third-order valence-electron chi connectivity index (χ3n) is 6.47. The third-order valence-corrected chi connectivity index (χ3v) is 6.47. The lowest BCUT2D eigenvalue weighted by Crippen LogP contribution is -2.42. The van der Waals surface area contributed by atoms with Crippen LogP contribution in [0, 0.1) is 0 Å².